The van der Waals surface area contributed by atoms with Gasteiger partial charge in [0.2, 0.25) is 0 Å². The molecular weight excluding hydrogens is 350 g/mol. The van der Waals surface area contributed by atoms with Crippen molar-refractivity contribution in [3.8, 4) is 0 Å². The quantitative estimate of drug-likeness (QED) is 0.715. The van der Waals surface area contributed by atoms with Crippen LogP contribution in [0.15, 0.2) is 54.6 Å². The van der Waals surface area contributed by atoms with E-state index >= 15 is 0 Å². The molecule has 28 heavy (non-hydrogen) atoms. The number of carbonyl (C=O) groups excluding carboxylic acids is 1. The molecule has 144 valence electrons. The van der Waals surface area contributed by atoms with Crippen molar-refractivity contribution in [1.82, 2.24) is 15.1 Å². The first-order valence-corrected chi connectivity index (χ1v) is 10.2. The fourth-order valence-corrected chi connectivity index (χ4v) is 5.28. The third-order valence-electron chi connectivity index (χ3n) is 6.68. The molecule has 1 saturated carbocycles. The molecule has 0 bridgehead atoms. The molecule has 5 nitrogen and oxygen atoms in total. The number of carbonyl (C=O) groups is 1. The summed E-state index contributed by atoms with van der Waals surface area (Å²) in [6.45, 7) is 0.548. The number of aromatic nitrogens is 2. The maximum absolute atomic E-state index is 13.4. The number of para-hydroxylation sites is 1. The molecule has 2 fully saturated rings. The first-order valence-electron chi connectivity index (χ1n) is 10.2. The second-order valence-electron chi connectivity index (χ2n) is 8.11. The van der Waals surface area contributed by atoms with Gasteiger partial charge in [0.25, 0.3) is 5.91 Å². The van der Waals surface area contributed by atoms with Gasteiger partial charge in [-0.2, -0.15) is 5.10 Å². The standard InChI is InChI=1S/C23H25N3O2/c27-22(21-17-10-4-6-12-19(17)24-25-21)26-15-14-23(28,16-8-2-1-3-9-16)18-11-5-7-13-20(18)26/h1-4,6,8-10,12,18,20,28H,5,7,11,13-15H2,(H,24,25)/t18-,20+,23+/m0/s1. The molecule has 5 heteroatoms. The lowest BCUT2D eigenvalue weighted by molar-refractivity contribution is -0.110. The second-order valence-corrected chi connectivity index (χ2v) is 8.11. The van der Waals surface area contributed by atoms with Crippen LogP contribution in [0.2, 0.25) is 0 Å². The van der Waals surface area contributed by atoms with Crippen molar-refractivity contribution in [2.75, 3.05) is 6.54 Å². The topological polar surface area (TPSA) is 69.2 Å². The number of fused-ring (bicyclic) bond motifs is 2. The summed E-state index contributed by atoms with van der Waals surface area (Å²) < 4.78 is 0. The van der Waals surface area contributed by atoms with Gasteiger partial charge in [0, 0.05) is 23.9 Å². The number of H-pyrrole nitrogens is 1. The van der Waals surface area contributed by atoms with Crippen molar-refractivity contribution in [3.05, 3.63) is 65.9 Å². The number of likely N-dealkylation sites (tertiary alicyclic amines) is 1. The van der Waals surface area contributed by atoms with Crippen molar-refractivity contribution in [2.45, 2.75) is 43.7 Å². The molecule has 2 aromatic carbocycles. The smallest absolute Gasteiger partial charge is 0.275 e. The van der Waals surface area contributed by atoms with E-state index in [4.69, 9.17) is 0 Å². The predicted octanol–water partition coefficient (Wildman–Crippen LogP) is 3.86. The average Bonchev–Trinajstić information content (AvgIpc) is 3.19. The highest BCUT2D eigenvalue weighted by atomic mass is 16.3. The molecule has 5 rings (SSSR count). The Kier molecular flexibility index (Phi) is 4.20. The van der Waals surface area contributed by atoms with Gasteiger partial charge < -0.3 is 10.0 Å². The minimum atomic E-state index is -0.864. The number of nitrogens with zero attached hydrogens (tertiary/aromatic N) is 2. The van der Waals surface area contributed by atoms with E-state index in [0.717, 1.165) is 42.1 Å². The van der Waals surface area contributed by atoms with Crippen LogP contribution in [-0.2, 0) is 5.60 Å². The summed E-state index contributed by atoms with van der Waals surface area (Å²) in [4.78, 5) is 15.4. The molecule has 2 N–H and O–H groups in total. The minimum absolute atomic E-state index is 0.0236. The van der Waals surface area contributed by atoms with Crippen LogP contribution < -0.4 is 0 Å². The Morgan fingerprint density at radius 1 is 1.07 bits per heavy atom. The third kappa shape index (κ3) is 2.65. The van der Waals surface area contributed by atoms with Gasteiger partial charge in [0.15, 0.2) is 5.69 Å². The number of aliphatic hydroxyl groups is 1. The molecule has 0 spiro atoms. The highest BCUT2D eigenvalue weighted by Crippen LogP contribution is 2.47. The summed E-state index contributed by atoms with van der Waals surface area (Å²) in [6, 6.07) is 17.8. The highest BCUT2D eigenvalue weighted by Gasteiger charge is 2.50. The fourth-order valence-electron chi connectivity index (χ4n) is 5.28. The van der Waals surface area contributed by atoms with E-state index < -0.39 is 5.60 Å². The van der Waals surface area contributed by atoms with Crippen LogP contribution in [0, 0.1) is 5.92 Å². The molecule has 2 aliphatic rings. The zero-order chi connectivity index (χ0) is 19.1. The van der Waals surface area contributed by atoms with Crippen LogP contribution in [0.1, 0.15) is 48.2 Å². The predicted molar refractivity (Wildman–Crippen MR) is 108 cm³/mol. The monoisotopic (exact) mass is 375 g/mol. The zero-order valence-electron chi connectivity index (χ0n) is 15.8. The molecule has 2 heterocycles. The number of piperidine rings is 1. The summed E-state index contributed by atoms with van der Waals surface area (Å²) in [5.41, 5.74) is 1.48. The van der Waals surface area contributed by atoms with Gasteiger partial charge in [-0.15, -0.1) is 0 Å². The number of amides is 1. The van der Waals surface area contributed by atoms with Crippen LogP contribution in [0.5, 0.6) is 0 Å². The molecule has 1 aromatic heterocycles. The van der Waals surface area contributed by atoms with Crippen LogP contribution >= 0.6 is 0 Å². The van der Waals surface area contributed by atoms with Gasteiger partial charge in [-0.3, -0.25) is 9.89 Å². The number of rotatable bonds is 2. The Morgan fingerprint density at radius 3 is 2.68 bits per heavy atom. The lowest BCUT2D eigenvalue weighted by Crippen LogP contribution is -2.59. The van der Waals surface area contributed by atoms with Gasteiger partial charge >= 0.3 is 0 Å². The van der Waals surface area contributed by atoms with E-state index in [-0.39, 0.29) is 17.9 Å². The van der Waals surface area contributed by atoms with Crippen LogP contribution in [0.3, 0.4) is 0 Å². The number of hydrogen-bond acceptors (Lipinski definition) is 3. The number of nitrogens with one attached hydrogen (secondary N) is 1. The van der Waals surface area contributed by atoms with Crippen molar-refractivity contribution in [2.24, 2.45) is 5.92 Å². The Labute approximate surface area is 164 Å². The molecule has 0 radical (unpaired) electrons. The Hall–Kier alpha value is -2.66. The molecule has 0 unspecified atom stereocenters. The van der Waals surface area contributed by atoms with Gasteiger partial charge in [0.1, 0.15) is 0 Å². The SMILES string of the molecule is O=C(c1n[nH]c2ccccc12)N1CC[C@@](O)(c2ccccc2)[C@H]2CCCC[C@H]21. The lowest BCUT2D eigenvalue weighted by Gasteiger charge is -2.52. The van der Waals surface area contributed by atoms with Gasteiger partial charge in [0.05, 0.1) is 11.1 Å². The van der Waals surface area contributed by atoms with Gasteiger partial charge in [-0.1, -0.05) is 61.4 Å². The summed E-state index contributed by atoms with van der Waals surface area (Å²) in [7, 11) is 0. The number of benzene rings is 2. The Bertz CT molecular complexity index is 999. The Morgan fingerprint density at radius 2 is 1.82 bits per heavy atom. The first-order chi connectivity index (χ1) is 13.7. The van der Waals surface area contributed by atoms with Crippen LogP contribution in [0.4, 0.5) is 0 Å². The van der Waals surface area contributed by atoms with Crippen molar-refractivity contribution in [1.29, 1.82) is 0 Å². The Balaban J connectivity index is 1.50. The second kappa shape index (κ2) is 6.74. The van der Waals surface area contributed by atoms with Gasteiger partial charge in [-0.25, -0.2) is 0 Å². The molecule has 1 amide bonds. The molecular formula is C23H25N3O2. The summed E-state index contributed by atoms with van der Waals surface area (Å²) >= 11 is 0. The van der Waals surface area contributed by atoms with E-state index in [1.54, 1.807) is 0 Å². The van der Waals surface area contributed by atoms with Crippen LogP contribution in [0.25, 0.3) is 10.9 Å². The van der Waals surface area contributed by atoms with E-state index in [1.807, 2.05) is 59.5 Å². The molecule has 1 aliphatic carbocycles. The minimum Gasteiger partial charge on any atom is -0.385 e. The summed E-state index contributed by atoms with van der Waals surface area (Å²) in [6.07, 6.45) is 4.64. The number of hydrogen-bond donors (Lipinski definition) is 2. The van der Waals surface area contributed by atoms with Crippen LogP contribution in [-0.4, -0.2) is 38.7 Å². The maximum atomic E-state index is 13.4. The largest absolute Gasteiger partial charge is 0.385 e. The zero-order valence-corrected chi connectivity index (χ0v) is 15.8. The third-order valence-corrected chi connectivity index (χ3v) is 6.68. The van der Waals surface area contributed by atoms with Crippen molar-refractivity contribution in [3.63, 3.8) is 0 Å². The van der Waals surface area contributed by atoms with Crippen molar-refractivity contribution >= 4 is 16.8 Å². The molecule has 1 aliphatic heterocycles. The fraction of sp³-hybridized carbons (Fsp3) is 0.391. The van der Waals surface area contributed by atoms with E-state index in [9.17, 15) is 9.90 Å². The van der Waals surface area contributed by atoms with E-state index in [2.05, 4.69) is 10.2 Å². The average molecular weight is 375 g/mol. The molecule has 3 atom stereocenters. The highest BCUT2D eigenvalue weighted by molar-refractivity contribution is 6.04. The van der Waals surface area contributed by atoms with E-state index in [1.165, 1.54) is 0 Å². The first kappa shape index (κ1) is 17.4. The summed E-state index contributed by atoms with van der Waals surface area (Å²) in [5, 5.41) is 19.8. The molecule has 3 aromatic rings. The van der Waals surface area contributed by atoms with Gasteiger partial charge in [-0.05, 0) is 30.9 Å². The number of aromatic amines is 1. The maximum Gasteiger partial charge on any atom is 0.275 e. The van der Waals surface area contributed by atoms with Crippen molar-refractivity contribution < 1.29 is 9.90 Å². The molecule has 1 saturated heterocycles. The normalized spacial score (nSPS) is 27.5. The lowest BCUT2D eigenvalue weighted by atomic mass is 9.66. The van der Waals surface area contributed by atoms with E-state index in [0.29, 0.717) is 18.7 Å². The summed E-state index contributed by atoms with van der Waals surface area (Å²) in [5.74, 6) is 0.0380.